The molecule has 2 aliphatic carbocycles. The van der Waals surface area contributed by atoms with Crippen LogP contribution in [0, 0.1) is 11.8 Å². The van der Waals surface area contributed by atoms with Crippen LogP contribution in [-0.2, 0) is 4.79 Å². The lowest BCUT2D eigenvalue weighted by Crippen LogP contribution is -2.49. The minimum atomic E-state index is -0.0295. The van der Waals surface area contributed by atoms with E-state index in [2.05, 4.69) is 24.3 Å². The summed E-state index contributed by atoms with van der Waals surface area (Å²) in [5.41, 5.74) is 2.05. The summed E-state index contributed by atoms with van der Waals surface area (Å²) in [5.74, 6) is 2.70. The molecule has 1 saturated carbocycles. The Morgan fingerprint density at radius 1 is 0.800 bits per heavy atom. The molecule has 40 heavy (non-hydrogen) atoms. The van der Waals surface area contributed by atoms with Crippen molar-refractivity contribution in [3.8, 4) is 17.2 Å². The minimum Gasteiger partial charge on any atom is -0.494 e. The van der Waals surface area contributed by atoms with Gasteiger partial charge in [0.15, 0.2) is 11.5 Å². The van der Waals surface area contributed by atoms with Crippen LogP contribution in [-0.4, -0.2) is 43.0 Å². The molecule has 0 spiro atoms. The van der Waals surface area contributed by atoms with Crippen molar-refractivity contribution in [2.45, 2.75) is 83.1 Å². The maximum atomic E-state index is 13.6. The van der Waals surface area contributed by atoms with Crippen LogP contribution in [0.25, 0.3) is 0 Å². The maximum Gasteiger partial charge on any atom is 0.247 e. The number of carbonyl (C=O) groups excluding carboxylic acids is 1. The number of unbranched alkanes of at least 4 members (excludes halogenated alkanes) is 3. The summed E-state index contributed by atoms with van der Waals surface area (Å²) < 4.78 is 17.7. The van der Waals surface area contributed by atoms with Crippen LogP contribution in [0.4, 0.5) is 0 Å². The molecule has 0 N–H and O–H groups in total. The lowest BCUT2D eigenvalue weighted by molar-refractivity contribution is -0.140. The standard InChI is InChI=1S/C34H44N2O4/c1-38-31-22-21-26(25-32(31)40-24-14-5-4-13-23-39-28-17-9-6-10-18-28)33-29-19-11-12-20-30(29)34(37)36(35-33)27-15-7-2-3-8-16-27/h6,9-12,17-18,21-22,25,27,29-30H,2-5,7-8,13-16,19-20,23-24H2,1H3. The molecule has 0 radical (unpaired) electrons. The van der Waals surface area contributed by atoms with Gasteiger partial charge in [0, 0.05) is 11.5 Å². The molecule has 6 heteroatoms. The van der Waals surface area contributed by atoms with Gasteiger partial charge in [-0.2, -0.15) is 5.10 Å². The Morgan fingerprint density at radius 2 is 1.50 bits per heavy atom. The second kappa shape index (κ2) is 14.4. The van der Waals surface area contributed by atoms with Crippen LogP contribution in [0.3, 0.4) is 0 Å². The number of methoxy groups -OCH3 is 1. The van der Waals surface area contributed by atoms with Crippen molar-refractivity contribution in [3.05, 3.63) is 66.2 Å². The quantitative estimate of drug-likeness (QED) is 0.157. The van der Waals surface area contributed by atoms with Gasteiger partial charge >= 0.3 is 0 Å². The van der Waals surface area contributed by atoms with E-state index in [1.165, 1.54) is 25.7 Å². The van der Waals surface area contributed by atoms with E-state index < -0.39 is 0 Å². The topological polar surface area (TPSA) is 60.4 Å². The molecule has 0 bridgehead atoms. The van der Waals surface area contributed by atoms with Crippen molar-refractivity contribution in [3.63, 3.8) is 0 Å². The van der Waals surface area contributed by atoms with Crippen molar-refractivity contribution in [1.29, 1.82) is 0 Å². The third-order valence-corrected chi connectivity index (χ3v) is 8.48. The molecule has 2 aromatic carbocycles. The molecule has 2 atom stereocenters. The van der Waals surface area contributed by atoms with Gasteiger partial charge in [0.25, 0.3) is 0 Å². The first-order chi connectivity index (χ1) is 19.7. The molecule has 214 valence electrons. The number of amides is 1. The van der Waals surface area contributed by atoms with Gasteiger partial charge in [-0.05, 0) is 81.7 Å². The molecular formula is C34H44N2O4. The van der Waals surface area contributed by atoms with Gasteiger partial charge in [-0.15, -0.1) is 0 Å². The number of rotatable bonds is 12. The van der Waals surface area contributed by atoms with Gasteiger partial charge < -0.3 is 14.2 Å². The van der Waals surface area contributed by atoms with Crippen molar-refractivity contribution in [2.24, 2.45) is 16.9 Å². The third kappa shape index (κ3) is 7.07. The Balaban J connectivity index is 1.22. The molecule has 5 rings (SSSR count). The summed E-state index contributed by atoms with van der Waals surface area (Å²) in [6, 6.07) is 16.3. The number of allylic oxidation sites excluding steroid dienone is 2. The van der Waals surface area contributed by atoms with Crippen LogP contribution < -0.4 is 14.2 Å². The molecule has 0 saturated heterocycles. The van der Waals surface area contributed by atoms with Gasteiger partial charge in [-0.1, -0.05) is 56.0 Å². The lowest BCUT2D eigenvalue weighted by Gasteiger charge is -2.40. The number of para-hydroxylation sites is 1. The summed E-state index contributed by atoms with van der Waals surface area (Å²) in [4.78, 5) is 13.6. The maximum absolute atomic E-state index is 13.6. The fourth-order valence-electron chi connectivity index (χ4n) is 6.23. The average molecular weight is 545 g/mol. The summed E-state index contributed by atoms with van der Waals surface area (Å²) >= 11 is 0. The fraction of sp³-hybridized carbons (Fsp3) is 0.529. The van der Waals surface area contributed by atoms with E-state index in [1.807, 2.05) is 41.4 Å². The molecule has 0 aromatic heterocycles. The molecule has 1 fully saturated rings. The van der Waals surface area contributed by atoms with Gasteiger partial charge in [0.1, 0.15) is 5.75 Å². The van der Waals surface area contributed by atoms with Crippen molar-refractivity contribution in [1.82, 2.24) is 5.01 Å². The zero-order chi connectivity index (χ0) is 27.6. The minimum absolute atomic E-state index is 0.0295. The van der Waals surface area contributed by atoms with Gasteiger partial charge in [-0.3, -0.25) is 4.79 Å². The molecular weight excluding hydrogens is 500 g/mol. The van der Waals surface area contributed by atoms with Gasteiger partial charge in [-0.25, -0.2) is 5.01 Å². The lowest BCUT2D eigenvalue weighted by atomic mass is 9.76. The summed E-state index contributed by atoms with van der Waals surface area (Å²) in [5, 5.41) is 6.97. The van der Waals surface area contributed by atoms with E-state index >= 15 is 0 Å². The van der Waals surface area contributed by atoms with Crippen molar-refractivity contribution in [2.75, 3.05) is 20.3 Å². The molecule has 6 nitrogen and oxygen atoms in total. The van der Waals surface area contributed by atoms with E-state index in [-0.39, 0.29) is 23.8 Å². The normalized spacial score (nSPS) is 21.4. The predicted octanol–water partition coefficient (Wildman–Crippen LogP) is 7.56. The summed E-state index contributed by atoms with van der Waals surface area (Å²) in [7, 11) is 1.68. The largest absolute Gasteiger partial charge is 0.494 e. The third-order valence-electron chi connectivity index (χ3n) is 8.48. The Kier molecular flexibility index (Phi) is 10.2. The number of hydrogen-bond acceptors (Lipinski definition) is 5. The summed E-state index contributed by atoms with van der Waals surface area (Å²) in [6.45, 7) is 1.37. The number of carbonyl (C=O) groups is 1. The Hall–Kier alpha value is -3.28. The molecule has 1 aliphatic heterocycles. The highest BCUT2D eigenvalue weighted by atomic mass is 16.5. The van der Waals surface area contributed by atoms with Crippen LogP contribution >= 0.6 is 0 Å². The van der Waals surface area contributed by atoms with E-state index in [1.54, 1.807) is 7.11 Å². The SMILES string of the molecule is COc1ccc(C2=NN(C3CCCCCC3)C(=O)C3CC=CCC23)cc1OCCCCCCOc1ccccc1. The zero-order valence-corrected chi connectivity index (χ0v) is 23.9. The van der Waals surface area contributed by atoms with Crippen LogP contribution in [0.5, 0.6) is 17.2 Å². The van der Waals surface area contributed by atoms with Gasteiger partial charge in [0.05, 0.1) is 38.0 Å². The Bertz CT molecular complexity index is 1150. The van der Waals surface area contributed by atoms with E-state index in [4.69, 9.17) is 19.3 Å². The average Bonchev–Trinajstić information content (AvgIpc) is 3.29. The Morgan fingerprint density at radius 3 is 2.23 bits per heavy atom. The van der Waals surface area contributed by atoms with E-state index in [0.29, 0.717) is 6.61 Å². The Labute approximate surface area is 239 Å². The highest BCUT2D eigenvalue weighted by molar-refractivity contribution is 6.07. The number of hydrogen-bond donors (Lipinski definition) is 0. The number of benzene rings is 2. The highest BCUT2D eigenvalue weighted by Gasteiger charge is 2.42. The summed E-state index contributed by atoms with van der Waals surface area (Å²) in [6.07, 6.45) is 17.2. The predicted molar refractivity (Wildman–Crippen MR) is 159 cm³/mol. The zero-order valence-electron chi connectivity index (χ0n) is 23.9. The first-order valence-corrected chi connectivity index (χ1v) is 15.3. The molecule has 3 aliphatic rings. The fourth-order valence-corrected chi connectivity index (χ4v) is 6.23. The van der Waals surface area contributed by atoms with Crippen molar-refractivity contribution < 1.29 is 19.0 Å². The molecule has 1 amide bonds. The van der Waals surface area contributed by atoms with Crippen LogP contribution in [0.1, 0.15) is 82.6 Å². The number of ether oxygens (including phenoxy) is 3. The monoisotopic (exact) mass is 544 g/mol. The number of fused-ring (bicyclic) bond motifs is 1. The first kappa shape index (κ1) is 28.3. The number of nitrogens with zero attached hydrogens (tertiary/aromatic N) is 2. The molecule has 2 aromatic rings. The smallest absolute Gasteiger partial charge is 0.247 e. The number of hydrazone groups is 1. The van der Waals surface area contributed by atoms with E-state index in [9.17, 15) is 4.79 Å². The van der Waals surface area contributed by atoms with Gasteiger partial charge in [0.2, 0.25) is 5.91 Å². The van der Waals surface area contributed by atoms with Crippen molar-refractivity contribution >= 4 is 11.6 Å². The van der Waals surface area contributed by atoms with Crippen LogP contribution in [0.2, 0.25) is 0 Å². The molecule has 1 heterocycles. The van der Waals surface area contributed by atoms with Crippen LogP contribution in [0.15, 0.2) is 65.8 Å². The first-order valence-electron chi connectivity index (χ1n) is 15.3. The molecule has 2 unspecified atom stereocenters. The highest BCUT2D eigenvalue weighted by Crippen LogP contribution is 2.39. The second-order valence-corrected chi connectivity index (χ2v) is 11.3. The van der Waals surface area contributed by atoms with E-state index in [0.717, 1.165) is 86.5 Å². The second-order valence-electron chi connectivity index (χ2n) is 11.3.